The number of ether oxygens (including phenoxy) is 2. The predicted octanol–water partition coefficient (Wildman–Crippen LogP) is 3.92. The number of benzene rings is 2. The number of thioether (sulfide) groups is 1. The Balaban J connectivity index is 1.84. The molecule has 156 valence electrons. The van der Waals surface area contributed by atoms with Crippen molar-refractivity contribution in [1.82, 2.24) is 4.90 Å². The summed E-state index contributed by atoms with van der Waals surface area (Å²) in [5.41, 5.74) is 1.21. The molecule has 0 spiro atoms. The smallest absolute Gasteiger partial charge is 0.344 e. The van der Waals surface area contributed by atoms with Crippen molar-refractivity contribution in [3.63, 3.8) is 0 Å². The van der Waals surface area contributed by atoms with Crippen molar-refractivity contribution in [3.8, 4) is 11.5 Å². The number of carbonyl (C=O) groups is 2. The van der Waals surface area contributed by atoms with Crippen LogP contribution in [0.5, 0.6) is 11.5 Å². The van der Waals surface area contributed by atoms with E-state index in [-0.39, 0.29) is 17.5 Å². The van der Waals surface area contributed by atoms with E-state index in [4.69, 9.17) is 14.6 Å². The summed E-state index contributed by atoms with van der Waals surface area (Å²) in [4.78, 5) is 29.8. The minimum absolute atomic E-state index is 0.223. The van der Waals surface area contributed by atoms with Crippen LogP contribution in [0.1, 0.15) is 12.5 Å². The number of amides is 1. The topological polar surface area (TPSA) is 88.4 Å². The Bertz CT molecular complexity index is 1040. The molecule has 7 nitrogen and oxygen atoms in total. The normalized spacial score (nSPS) is 17.5. The number of carboxylic acid groups (broad SMARTS) is 1. The van der Waals surface area contributed by atoms with Crippen LogP contribution in [-0.2, 0) is 9.59 Å². The highest BCUT2D eigenvalue weighted by Gasteiger charge is 2.30. The SMILES string of the molecule is COc1cc(/C=C2/SC(=Nc3ccc(F)cc3)N(C)C2=O)ccc1OC(C)C(=O)O. The fourth-order valence-corrected chi connectivity index (χ4v) is 3.53. The fraction of sp³-hybridized carbons (Fsp3) is 0.190. The van der Waals surface area contributed by atoms with Crippen molar-refractivity contribution in [3.05, 3.63) is 58.8 Å². The van der Waals surface area contributed by atoms with Gasteiger partial charge in [-0.1, -0.05) is 6.07 Å². The molecule has 1 unspecified atom stereocenters. The maximum Gasteiger partial charge on any atom is 0.344 e. The molecular weight excluding hydrogens is 411 g/mol. The van der Waals surface area contributed by atoms with E-state index in [0.29, 0.717) is 27.1 Å². The largest absolute Gasteiger partial charge is 0.493 e. The van der Waals surface area contributed by atoms with Gasteiger partial charge in [-0.25, -0.2) is 14.2 Å². The first-order valence-electron chi connectivity index (χ1n) is 8.88. The van der Waals surface area contributed by atoms with Crippen molar-refractivity contribution in [2.75, 3.05) is 14.2 Å². The van der Waals surface area contributed by atoms with Crippen molar-refractivity contribution in [2.45, 2.75) is 13.0 Å². The van der Waals surface area contributed by atoms with Gasteiger partial charge in [0.1, 0.15) is 5.82 Å². The van der Waals surface area contributed by atoms with Crippen LogP contribution in [0, 0.1) is 5.82 Å². The van der Waals surface area contributed by atoms with Gasteiger partial charge in [-0.05, 0) is 66.7 Å². The van der Waals surface area contributed by atoms with Gasteiger partial charge in [0.15, 0.2) is 22.8 Å². The van der Waals surface area contributed by atoms with Gasteiger partial charge in [-0.2, -0.15) is 0 Å². The summed E-state index contributed by atoms with van der Waals surface area (Å²) in [7, 11) is 3.06. The molecule has 0 radical (unpaired) electrons. The van der Waals surface area contributed by atoms with E-state index in [1.165, 1.54) is 55.0 Å². The lowest BCUT2D eigenvalue weighted by Crippen LogP contribution is -2.23. The highest BCUT2D eigenvalue weighted by Crippen LogP contribution is 2.35. The zero-order valence-electron chi connectivity index (χ0n) is 16.5. The van der Waals surface area contributed by atoms with Gasteiger partial charge >= 0.3 is 5.97 Å². The monoisotopic (exact) mass is 430 g/mol. The summed E-state index contributed by atoms with van der Waals surface area (Å²) in [6.45, 7) is 1.42. The molecule has 1 aliphatic heterocycles. The van der Waals surface area contributed by atoms with E-state index in [1.54, 1.807) is 31.3 Å². The third kappa shape index (κ3) is 4.80. The third-order valence-corrected chi connectivity index (χ3v) is 5.25. The standard InChI is InChI=1S/C21H19FN2O5S/c1-12(20(26)27)29-16-9-4-13(10-17(16)28-3)11-18-19(25)24(2)21(30-18)23-15-7-5-14(22)6-8-15/h4-12H,1-3H3,(H,26,27)/b18-11+,23-21?. The number of hydrogen-bond donors (Lipinski definition) is 1. The second-order valence-corrected chi connectivity index (χ2v) is 7.36. The average Bonchev–Trinajstić information content (AvgIpc) is 2.98. The average molecular weight is 430 g/mol. The number of aliphatic carboxylic acids is 1. The Morgan fingerprint density at radius 2 is 1.93 bits per heavy atom. The zero-order chi connectivity index (χ0) is 21.8. The zero-order valence-corrected chi connectivity index (χ0v) is 17.3. The van der Waals surface area contributed by atoms with Crippen molar-refractivity contribution >= 4 is 40.6 Å². The molecule has 9 heteroatoms. The summed E-state index contributed by atoms with van der Waals surface area (Å²) in [6, 6.07) is 10.6. The number of nitrogens with zero attached hydrogens (tertiary/aromatic N) is 2. The number of carboxylic acids is 1. The van der Waals surface area contributed by atoms with E-state index in [2.05, 4.69) is 4.99 Å². The number of likely N-dealkylation sites (N-methyl/N-ethyl adjacent to an activating group) is 1. The van der Waals surface area contributed by atoms with E-state index in [1.807, 2.05) is 0 Å². The molecule has 3 rings (SSSR count). The molecule has 0 saturated carbocycles. The van der Waals surface area contributed by atoms with E-state index >= 15 is 0 Å². The van der Waals surface area contributed by atoms with Crippen LogP contribution in [0.2, 0.25) is 0 Å². The van der Waals surface area contributed by atoms with Gasteiger partial charge in [0.25, 0.3) is 5.91 Å². The van der Waals surface area contributed by atoms with Crippen molar-refractivity contribution in [1.29, 1.82) is 0 Å². The molecule has 1 atom stereocenters. The first-order valence-corrected chi connectivity index (χ1v) is 9.69. The van der Waals surface area contributed by atoms with Crippen LogP contribution in [0.25, 0.3) is 6.08 Å². The maximum absolute atomic E-state index is 13.1. The number of aliphatic imine (C=N–C) groups is 1. The molecule has 0 bridgehead atoms. The molecule has 1 aliphatic rings. The van der Waals surface area contributed by atoms with Gasteiger partial charge in [-0.15, -0.1) is 0 Å². The van der Waals surface area contributed by atoms with Crippen LogP contribution in [0.4, 0.5) is 10.1 Å². The summed E-state index contributed by atoms with van der Waals surface area (Å²) in [6.07, 6.45) is 0.651. The molecule has 1 heterocycles. The van der Waals surface area contributed by atoms with E-state index in [9.17, 15) is 14.0 Å². The molecule has 1 fully saturated rings. The molecule has 2 aromatic carbocycles. The lowest BCUT2D eigenvalue weighted by atomic mass is 10.2. The van der Waals surface area contributed by atoms with Crippen LogP contribution >= 0.6 is 11.8 Å². The van der Waals surface area contributed by atoms with Crippen LogP contribution in [0.15, 0.2) is 52.4 Å². The lowest BCUT2D eigenvalue weighted by molar-refractivity contribution is -0.144. The highest BCUT2D eigenvalue weighted by atomic mass is 32.2. The Morgan fingerprint density at radius 1 is 1.23 bits per heavy atom. The Labute approximate surface area is 176 Å². The highest BCUT2D eigenvalue weighted by molar-refractivity contribution is 8.18. The minimum Gasteiger partial charge on any atom is -0.493 e. The summed E-state index contributed by atoms with van der Waals surface area (Å²) in [5.74, 6) is -1.04. The van der Waals surface area contributed by atoms with Crippen LogP contribution < -0.4 is 9.47 Å². The van der Waals surface area contributed by atoms with Gasteiger partial charge in [0.05, 0.1) is 17.7 Å². The number of rotatable bonds is 6. The quantitative estimate of drug-likeness (QED) is 0.699. The second-order valence-electron chi connectivity index (χ2n) is 6.35. The van der Waals surface area contributed by atoms with Gasteiger partial charge in [0, 0.05) is 7.05 Å². The molecule has 1 saturated heterocycles. The lowest BCUT2D eigenvalue weighted by Gasteiger charge is -2.14. The van der Waals surface area contributed by atoms with Crippen LogP contribution in [-0.4, -0.2) is 47.3 Å². The summed E-state index contributed by atoms with van der Waals surface area (Å²) >= 11 is 1.20. The third-order valence-electron chi connectivity index (χ3n) is 4.19. The van der Waals surface area contributed by atoms with Crippen molar-refractivity contribution < 1.29 is 28.6 Å². The fourth-order valence-electron chi connectivity index (χ4n) is 2.54. The van der Waals surface area contributed by atoms with Gasteiger partial charge < -0.3 is 14.6 Å². The Morgan fingerprint density at radius 3 is 2.57 bits per heavy atom. The van der Waals surface area contributed by atoms with E-state index in [0.717, 1.165) is 0 Å². The summed E-state index contributed by atoms with van der Waals surface area (Å²) in [5, 5.41) is 9.47. The van der Waals surface area contributed by atoms with Gasteiger partial charge in [0.2, 0.25) is 0 Å². The maximum atomic E-state index is 13.1. The molecule has 0 aliphatic carbocycles. The van der Waals surface area contributed by atoms with Crippen molar-refractivity contribution in [2.24, 2.45) is 4.99 Å². The molecule has 2 aromatic rings. The molecule has 0 aromatic heterocycles. The second kappa shape index (κ2) is 9.00. The number of hydrogen-bond acceptors (Lipinski definition) is 6. The predicted molar refractivity (Wildman–Crippen MR) is 113 cm³/mol. The first kappa shape index (κ1) is 21.4. The number of methoxy groups -OCH3 is 1. The Kier molecular flexibility index (Phi) is 6.41. The number of amidine groups is 1. The first-order chi connectivity index (χ1) is 14.3. The minimum atomic E-state index is -1.09. The molecular formula is C21H19FN2O5S. The van der Waals surface area contributed by atoms with E-state index < -0.39 is 12.1 Å². The van der Waals surface area contributed by atoms with Crippen LogP contribution in [0.3, 0.4) is 0 Å². The molecule has 30 heavy (non-hydrogen) atoms. The van der Waals surface area contributed by atoms with Gasteiger partial charge in [-0.3, -0.25) is 9.69 Å². The summed E-state index contributed by atoms with van der Waals surface area (Å²) < 4.78 is 23.7. The number of halogens is 1. The Hall–Kier alpha value is -3.33. The number of carbonyl (C=O) groups excluding carboxylic acids is 1. The molecule has 1 N–H and O–H groups in total. The molecule has 1 amide bonds.